The summed E-state index contributed by atoms with van der Waals surface area (Å²) in [7, 11) is 6.19. The summed E-state index contributed by atoms with van der Waals surface area (Å²) in [4.78, 5) is 17.6. The first-order chi connectivity index (χ1) is 11.8. The molecule has 1 aromatic heterocycles. The molecule has 25 heavy (non-hydrogen) atoms. The molecule has 6 heteroatoms. The van der Waals surface area contributed by atoms with Crippen molar-refractivity contribution >= 4 is 5.91 Å². The van der Waals surface area contributed by atoms with Crippen LogP contribution in [0.25, 0.3) is 0 Å². The van der Waals surface area contributed by atoms with Gasteiger partial charge in [0.1, 0.15) is 5.69 Å². The van der Waals surface area contributed by atoms with Gasteiger partial charge in [-0.2, -0.15) is 5.10 Å². The molecule has 0 aromatic carbocycles. The number of amides is 1. The number of nitrogens with zero attached hydrogens (tertiary/aromatic N) is 4. The van der Waals surface area contributed by atoms with E-state index in [4.69, 9.17) is 4.74 Å². The monoisotopic (exact) mass is 348 g/mol. The molecule has 3 rings (SSSR count). The van der Waals surface area contributed by atoms with E-state index in [9.17, 15) is 4.79 Å². The summed E-state index contributed by atoms with van der Waals surface area (Å²) in [5.41, 5.74) is 2.99. The van der Waals surface area contributed by atoms with E-state index < -0.39 is 0 Å². The number of hydrogen-bond donors (Lipinski definition) is 0. The van der Waals surface area contributed by atoms with Gasteiger partial charge >= 0.3 is 0 Å². The van der Waals surface area contributed by atoms with E-state index in [1.807, 2.05) is 18.9 Å². The molecule has 1 amide bonds. The zero-order valence-corrected chi connectivity index (χ0v) is 16.5. The molecule has 0 aliphatic carbocycles. The van der Waals surface area contributed by atoms with Crippen LogP contribution in [0.4, 0.5) is 0 Å². The van der Waals surface area contributed by atoms with Crippen molar-refractivity contribution in [1.29, 1.82) is 0 Å². The Hall–Kier alpha value is -1.40. The molecule has 0 unspecified atom stereocenters. The predicted octanol–water partition coefficient (Wildman–Crippen LogP) is 2.39. The van der Waals surface area contributed by atoms with Crippen LogP contribution in [0.2, 0.25) is 0 Å². The van der Waals surface area contributed by atoms with E-state index >= 15 is 0 Å². The van der Waals surface area contributed by atoms with Crippen LogP contribution in [0.1, 0.15) is 67.9 Å². The fourth-order valence-electron chi connectivity index (χ4n) is 4.53. The van der Waals surface area contributed by atoms with E-state index in [0.29, 0.717) is 0 Å². The topological polar surface area (TPSA) is 50.6 Å². The zero-order valence-electron chi connectivity index (χ0n) is 16.5. The molecule has 2 atom stereocenters. The van der Waals surface area contributed by atoms with E-state index in [-0.39, 0.29) is 23.7 Å². The van der Waals surface area contributed by atoms with E-state index in [1.165, 1.54) is 0 Å². The number of hydrogen-bond acceptors (Lipinski definition) is 4. The number of ether oxygens (including phenoxy) is 1. The van der Waals surface area contributed by atoms with Crippen molar-refractivity contribution in [3.05, 3.63) is 17.0 Å². The van der Waals surface area contributed by atoms with Gasteiger partial charge in [-0.25, -0.2) is 0 Å². The van der Waals surface area contributed by atoms with Crippen LogP contribution in [0.5, 0.6) is 0 Å². The smallest absolute Gasteiger partial charge is 0.272 e. The highest BCUT2D eigenvalue weighted by molar-refractivity contribution is 5.94. The second-order valence-electron chi connectivity index (χ2n) is 7.89. The van der Waals surface area contributed by atoms with Crippen molar-refractivity contribution in [2.75, 3.05) is 27.2 Å². The molecule has 0 radical (unpaired) electrons. The van der Waals surface area contributed by atoms with Crippen molar-refractivity contribution in [2.24, 2.45) is 7.05 Å². The van der Waals surface area contributed by atoms with Crippen LogP contribution in [0.15, 0.2) is 0 Å². The summed E-state index contributed by atoms with van der Waals surface area (Å²) in [6.07, 6.45) is 4.01. The minimum absolute atomic E-state index is 0.0469. The third-order valence-electron chi connectivity index (χ3n) is 6.28. The normalized spacial score (nSPS) is 26.0. The highest BCUT2D eigenvalue weighted by Gasteiger charge is 2.38. The number of piperidine rings is 1. The van der Waals surface area contributed by atoms with Gasteiger partial charge in [0.15, 0.2) is 0 Å². The molecule has 6 nitrogen and oxygen atoms in total. The van der Waals surface area contributed by atoms with Crippen molar-refractivity contribution in [3.8, 4) is 0 Å². The van der Waals surface area contributed by atoms with Crippen LogP contribution in [-0.4, -0.2) is 64.3 Å². The lowest BCUT2D eigenvalue weighted by Gasteiger charge is -2.45. The highest BCUT2D eigenvalue weighted by atomic mass is 16.5. The maximum atomic E-state index is 13.2. The van der Waals surface area contributed by atoms with Crippen molar-refractivity contribution in [2.45, 2.75) is 64.2 Å². The summed E-state index contributed by atoms with van der Waals surface area (Å²) in [6, 6.07) is 0. The Labute approximate surface area is 151 Å². The van der Waals surface area contributed by atoms with Crippen LogP contribution in [0.3, 0.4) is 0 Å². The molecule has 3 heterocycles. The molecule has 2 aliphatic heterocycles. The van der Waals surface area contributed by atoms with E-state index in [2.05, 4.69) is 37.9 Å². The van der Waals surface area contributed by atoms with E-state index in [1.54, 1.807) is 4.68 Å². The summed E-state index contributed by atoms with van der Waals surface area (Å²) in [6.45, 7) is 7.95. The van der Waals surface area contributed by atoms with Crippen molar-refractivity contribution in [3.63, 3.8) is 0 Å². The van der Waals surface area contributed by atoms with Gasteiger partial charge in [-0.1, -0.05) is 6.92 Å². The third kappa shape index (κ3) is 3.10. The van der Waals surface area contributed by atoms with Gasteiger partial charge in [0.2, 0.25) is 0 Å². The quantitative estimate of drug-likeness (QED) is 0.842. The molecule has 1 saturated heterocycles. The average molecular weight is 348 g/mol. The maximum Gasteiger partial charge on any atom is 0.272 e. The van der Waals surface area contributed by atoms with Gasteiger partial charge in [0.05, 0.1) is 17.9 Å². The Bertz CT molecular complexity index is 644. The predicted molar refractivity (Wildman–Crippen MR) is 97.7 cm³/mol. The molecular formula is C19H32N4O2. The van der Waals surface area contributed by atoms with E-state index in [0.717, 1.165) is 55.7 Å². The molecule has 1 fully saturated rings. The fourth-order valence-corrected chi connectivity index (χ4v) is 4.53. The van der Waals surface area contributed by atoms with Crippen LogP contribution in [-0.2, 0) is 18.2 Å². The summed E-state index contributed by atoms with van der Waals surface area (Å²) < 4.78 is 7.63. The standard InChI is InChI=1S/C19H32N4O2/c1-7-19(21(4)5)8-10-23(11-9-19)18(24)17-15-12-13(2)25-14(3)16(15)20-22(17)6/h13-14H,7-12H2,1-6H3/t13-,14+/m1/s1. The SMILES string of the molecule is CCC1(N(C)C)CCN(C(=O)c2c3c(nn2C)[C@H](C)O[C@H](C)C3)CC1. The maximum absolute atomic E-state index is 13.2. The number of carbonyl (C=O) groups is 1. The van der Waals surface area contributed by atoms with Crippen LogP contribution < -0.4 is 0 Å². The summed E-state index contributed by atoms with van der Waals surface area (Å²) in [5.74, 6) is 0.126. The van der Waals surface area contributed by atoms with Gasteiger partial charge in [-0.05, 0) is 47.2 Å². The molecule has 0 bridgehead atoms. The number of rotatable bonds is 3. The fraction of sp³-hybridized carbons (Fsp3) is 0.789. The van der Waals surface area contributed by atoms with Crippen molar-refractivity contribution in [1.82, 2.24) is 19.6 Å². The second-order valence-corrected chi connectivity index (χ2v) is 7.89. The molecule has 0 N–H and O–H groups in total. The number of carbonyl (C=O) groups excluding carboxylic acids is 1. The molecule has 140 valence electrons. The number of likely N-dealkylation sites (tertiary alicyclic amines) is 1. The Balaban J connectivity index is 1.82. The lowest BCUT2D eigenvalue weighted by molar-refractivity contribution is -0.00718. The van der Waals surface area contributed by atoms with Crippen molar-refractivity contribution < 1.29 is 9.53 Å². The number of aryl methyl sites for hydroxylation is 1. The van der Waals surface area contributed by atoms with Gasteiger partial charge < -0.3 is 14.5 Å². The summed E-state index contributed by atoms with van der Waals surface area (Å²) in [5, 5.41) is 4.59. The minimum atomic E-state index is -0.0469. The van der Waals surface area contributed by atoms with Gasteiger partial charge in [-0.15, -0.1) is 0 Å². The Morgan fingerprint density at radius 2 is 1.96 bits per heavy atom. The summed E-state index contributed by atoms with van der Waals surface area (Å²) >= 11 is 0. The number of aromatic nitrogens is 2. The Kier molecular flexibility index (Phi) is 4.95. The first-order valence-corrected chi connectivity index (χ1v) is 9.47. The molecule has 0 spiro atoms. The lowest BCUT2D eigenvalue weighted by Crippen LogP contribution is -2.53. The molecule has 1 aromatic rings. The van der Waals surface area contributed by atoms with Gasteiger partial charge in [0, 0.05) is 37.7 Å². The zero-order chi connectivity index (χ0) is 18.4. The second kappa shape index (κ2) is 6.72. The number of fused-ring (bicyclic) bond motifs is 1. The largest absolute Gasteiger partial charge is 0.369 e. The average Bonchev–Trinajstić information content (AvgIpc) is 2.90. The van der Waals surface area contributed by atoms with Crippen LogP contribution in [0, 0.1) is 0 Å². The van der Waals surface area contributed by atoms with Gasteiger partial charge in [-0.3, -0.25) is 9.48 Å². The molecular weight excluding hydrogens is 316 g/mol. The highest BCUT2D eigenvalue weighted by Crippen LogP contribution is 2.34. The van der Waals surface area contributed by atoms with Crippen LogP contribution >= 0.6 is 0 Å². The first-order valence-electron chi connectivity index (χ1n) is 9.47. The third-order valence-corrected chi connectivity index (χ3v) is 6.28. The van der Waals surface area contributed by atoms with Gasteiger partial charge in [0.25, 0.3) is 5.91 Å². The molecule has 2 aliphatic rings. The Morgan fingerprint density at radius 3 is 2.52 bits per heavy atom. The first kappa shape index (κ1) is 18.4. The minimum Gasteiger partial charge on any atom is -0.369 e. The lowest BCUT2D eigenvalue weighted by atomic mass is 9.83. The Morgan fingerprint density at radius 1 is 1.32 bits per heavy atom. The molecule has 0 saturated carbocycles.